The van der Waals surface area contributed by atoms with Gasteiger partial charge in [-0.05, 0) is 49.1 Å². The topological polar surface area (TPSA) is 74.8 Å². The quantitative estimate of drug-likeness (QED) is 0.715. The Balaban J connectivity index is 1.63. The van der Waals surface area contributed by atoms with Crippen LogP contribution in [0.2, 0.25) is 0 Å². The molecule has 0 unspecified atom stereocenters. The standard InChI is InChI=1S/C20H26N2O4S2/c1-17-8-9-20(16-18(17)2)28(25,26)22-13-11-21(12-14-22)27(23,24)15-10-19-6-4-3-5-7-19/h3-9,16H,10-15H2,1-2H3. The van der Waals surface area contributed by atoms with Crippen molar-refractivity contribution in [2.24, 2.45) is 0 Å². The second-order valence-electron chi connectivity index (χ2n) is 7.10. The predicted molar refractivity (Wildman–Crippen MR) is 110 cm³/mol. The zero-order valence-corrected chi connectivity index (χ0v) is 17.8. The predicted octanol–water partition coefficient (Wildman–Crippen LogP) is 2.18. The van der Waals surface area contributed by atoms with Crippen LogP contribution in [0.15, 0.2) is 53.4 Å². The average Bonchev–Trinajstić information content (AvgIpc) is 2.69. The maximum absolute atomic E-state index is 12.9. The Morgan fingerprint density at radius 2 is 1.39 bits per heavy atom. The molecule has 0 N–H and O–H groups in total. The first-order chi connectivity index (χ1) is 13.2. The van der Waals surface area contributed by atoms with Crippen LogP contribution < -0.4 is 0 Å². The molecule has 0 atom stereocenters. The van der Waals surface area contributed by atoms with Crippen molar-refractivity contribution in [3.8, 4) is 0 Å². The summed E-state index contributed by atoms with van der Waals surface area (Å²) in [5.41, 5.74) is 2.93. The third kappa shape index (κ3) is 4.63. The number of hydrogen-bond acceptors (Lipinski definition) is 4. The van der Waals surface area contributed by atoms with Gasteiger partial charge >= 0.3 is 0 Å². The Hall–Kier alpha value is -1.74. The zero-order chi connectivity index (χ0) is 20.4. The molecule has 8 heteroatoms. The van der Waals surface area contributed by atoms with Gasteiger partial charge in [-0.2, -0.15) is 8.61 Å². The van der Waals surface area contributed by atoms with E-state index in [-0.39, 0.29) is 36.8 Å². The Labute approximate surface area is 167 Å². The summed E-state index contributed by atoms with van der Waals surface area (Å²) in [7, 11) is -7.03. The van der Waals surface area contributed by atoms with E-state index in [2.05, 4.69) is 0 Å². The summed E-state index contributed by atoms with van der Waals surface area (Å²) in [5.74, 6) is 0.0287. The van der Waals surface area contributed by atoms with E-state index < -0.39 is 20.0 Å². The van der Waals surface area contributed by atoms with Crippen LogP contribution >= 0.6 is 0 Å². The average molecular weight is 423 g/mol. The Morgan fingerprint density at radius 3 is 2.00 bits per heavy atom. The van der Waals surface area contributed by atoms with Crippen LogP contribution in [0.5, 0.6) is 0 Å². The van der Waals surface area contributed by atoms with Crippen molar-refractivity contribution in [3.63, 3.8) is 0 Å². The third-order valence-electron chi connectivity index (χ3n) is 5.20. The van der Waals surface area contributed by atoms with Gasteiger partial charge in [-0.15, -0.1) is 0 Å². The Kier molecular flexibility index (Phi) is 6.24. The van der Waals surface area contributed by atoms with Gasteiger partial charge in [0.1, 0.15) is 0 Å². The first-order valence-electron chi connectivity index (χ1n) is 9.29. The van der Waals surface area contributed by atoms with Gasteiger partial charge < -0.3 is 0 Å². The summed E-state index contributed by atoms with van der Waals surface area (Å²) in [6.07, 6.45) is 0.449. The molecular formula is C20H26N2O4S2. The van der Waals surface area contributed by atoms with Gasteiger partial charge in [0.15, 0.2) is 0 Å². The molecule has 28 heavy (non-hydrogen) atoms. The molecule has 1 fully saturated rings. The monoisotopic (exact) mass is 422 g/mol. The number of piperazine rings is 1. The molecule has 0 spiro atoms. The molecule has 1 aliphatic heterocycles. The summed E-state index contributed by atoms with van der Waals surface area (Å²) in [4.78, 5) is 0.260. The smallest absolute Gasteiger partial charge is 0.212 e. The SMILES string of the molecule is Cc1ccc(S(=O)(=O)N2CCN(S(=O)(=O)CCc3ccccc3)CC2)cc1C. The maximum Gasteiger partial charge on any atom is 0.243 e. The van der Waals surface area contributed by atoms with Gasteiger partial charge in [-0.1, -0.05) is 36.4 Å². The first-order valence-corrected chi connectivity index (χ1v) is 12.3. The zero-order valence-electron chi connectivity index (χ0n) is 16.2. The first kappa shape index (κ1) is 21.0. The number of hydrogen-bond donors (Lipinski definition) is 0. The number of sulfonamides is 2. The fraction of sp³-hybridized carbons (Fsp3) is 0.400. The molecule has 6 nitrogen and oxygen atoms in total. The highest BCUT2D eigenvalue weighted by atomic mass is 32.2. The molecule has 3 rings (SSSR count). The van der Waals surface area contributed by atoms with Gasteiger partial charge in [-0.3, -0.25) is 0 Å². The van der Waals surface area contributed by atoms with E-state index >= 15 is 0 Å². The van der Waals surface area contributed by atoms with E-state index in [1.807, 2.05) is 44.2 Å². The molecule has 0 saturated carbocycles. The lowest BCUT2D eigenvalue weighted by atomic mass is 10.1. The summed E-state index contributed by atoms with van der Waals surface area (Å²) in [5, 5.41) is 0. The molecule has 1 aliphatic rings. The normalized spacial score (nSPS) is 16.9. The van der Waals surface area contributed by atoms with Gasteiger partial charge in [0.25, 0.3) is 0 Å². The minimum Gasteiger partial charge on any atom is -0.212 e. The van der Waals surface area contributed by atoms with Crippen LogP contribution in [0, 0.1) is 13.8 Å². The molecule has 2 aromatic rings. The van der Waals surface area contributed by atoms with Crippen LogP contribution in [0.1, 0.15) is 16.7 Å². The Bertz CT molecular complexity index is 1030. The second kappa shape index (κ2) is 8.32. The molecule has 2 aromatic carbocycles. The molecule has 0 aliphatic carbocycles. The fourth-order valence-corrected chi connectivity index (χ4v) is 6.21. The van der Waals surface area contributed by atoms with Gasteiger partial charge in [-0.25, -0.2) is 16.8 Å². The molecule has 0 radical (unpaired) electrons. The van der Waals surface area contributed by atoms with Crippen molar-refractivity contribution in [2.45, 2.75) is 25.2 Å². The highest BCUT2D eigenvalue weighted by Crippen LogP contribution is 2.21. The number of nitrogens with zero attached hydrogens (tertiary/aromatic N) is 2. The van der Waals surface area contributed by atoms with Crippen molar-refractivity contribution in [1.82, 2.24) is 8.61 Å². The minimum atomic E-state index is -3.61. The minimum absolute atomic E-state index is 0.0287. The molecule has 152 valence electrons. The summed E-state index contributed by atoms with van der Waals surface area (Å²) < 4.78 is 53.8. The summed E-state index contributed by atoms with van der Waals surface area (Å²) in [6.45, 7) is 4.51. The van der Waals surface area contributed by atoms with Crippen LogP contribution in [0.4, 0.5) is 0 Å². The molecule has 0 amide bonds. The highest BCUT2D eigenvalue weighted by Gasteiger charge is 2.32. The number of rotatable bonds is 6. The van der Waals surface area contributed by atoms with Gasteiger partial charge in [0.2, 0.25) is 20.0 Å². The van der Waals surface area contributed by atoms with E-state index in [4.69, 9.17) is 0 Å². The molecular weight excluding hydrogens is 396 g/mol. The number of benzene rings is 2. The van der Waals surface area contributed by atoms with E-state index in [1.54, 1.807) is 18.2 Å². The van der Waals surface area contributed by atoms with Crippen molar-refractivity contribution < 1.29 is 16.8 Å². The van der Waals surface area contributed by atoms with E-state index in [0.29, 0.717) is 6.42 Å². The van der Waals surface area contributed by atoms with E-state index in [0.717, 1.165) is 16.7 Å². The lowest BCUT2D eigenvalue weighted by Crippen LogP contribution is -2.51. The van der Waals surface area contributed by atoms with E-state index in [1.165, 1.54) is 8.61 Å². The fourth-order valence-electron chi connectivity index (χ4n) is 3.23. The molecule has 0 aromatic heterocycles. The maximum atomic E-state index is 12.9. The second-order valence-corrected chi connectivity index (χ2v) is 11.1. The van der Waals surface area contributed by atoms with Crippen LogP contribution in [0.25, 0.3) is 0 Å². The molecule has 1 saturated heterocycles. The lowest BCUT2D eigenvalue weighted by molar-refractivity contribution is 0.273. The Morgan fingerprint density at radius 1 is 0.786 bits per heavy atom. The van der Waals surface area contributed by atoms with Crippen LogP contribution in [0.3, 0.4) is 0 Å². The van der Waals surface area contributed by atoms with Crippen LogP contribution in [-0.2, 0) is 26.5 Å². The lowest BCUT2D eigenvalue weighted by Gasteiger charge is -2.33. The summed E-state index contributed by atoms with van der Waals surface area (Å²) in [6, 6.07) is 14.6. The van der Waals surface area contributed by atoms with Crippen molar-refractivity contribution in [1.29, 1.82) is 0 Å². The third-order valence-corrected chi connectivity index (χ3v) is 8.97. The van der Waals surface area contributed by atoms with Crippen LogP contribution in [-0.4, -0.2) is 57.4 Å². The van der Waals surface area contributed by atoms with Gasteiger partial charge in [0.05, 0.1) is 10.6 Å². The number of aryl methyl sites for hydroxylation is 3. The van der Waals surface area contributed by atoms with Crippen molar-refractivity contribution in [3.05, 3.63) is 65.2 Å². The van der Waals surface area contributed by atoms with E-state index in [9.17, 15) is 16.8 Å². The molecule has 1 heterocycles. The van der Waals surface area contributed by atoms with Gasteiger partial charge in [0, 0.05) is 26.2 Å². The molecule has 0 bridgehead atoms. The highest BCUT2D eigenvalue weighted by molar-refractivity contribution is 7.89. The van der Waals surface area contributed by atoms with Crippen molar-refractivity contribution >= 4 is 20.0 Å². The van der Waals surface area contributed by atoms with Crippen molar-refractivity contribution in [2.75, 3.05) is 31.9 Å². The largest absolute Gasteiger partial charge is 0.243 e. The summed E-state index contributed by atoms with van der Waals surface area (Å²) >= 11 is 0.